The van der Waals surface area contributed by atoms with E-state index in [9.17, 15) is 13.2 Å². The second-order valence-corrected chi connectivity index (χ2v) is 3.04. The van der Waals surface area contributed by atoms with E-state index in [1.165, 1.54) is 6.34 Å². The number of aliphatic imine (C=N–C) groups is 1. The molecule has 2 nitrogen and oxygen atoms in total. The maximum Gasteiger partial charge on any atom is 0.391 e. The Hall–Kier alpha value is -0.740. The van der Waals surface area contributed by atoms with Crippen molar-refractivity contribution >= 4 is 6.34 Å². The van der Waals surface area contributed by atoms with E-state index in [4.69, 9.17) is 0 Å². The van der Waals surface area contributed by atoms with Crippen molar-refractivity contribution < 1.29 is 13.2 Å². The number of hydrogen-bond acceptors (Lipinski definition) is 2. The Labute approximate surface area is 68.9 Å². The first-order valence-electron chi connectivity index (χ1n) is 3.80. The average molecular weight is 180 g/mol. The lowest BCUT2D eigenvalue weighted by atomic mass is 9.93. The van der Waals surface area contributed by atoms with Crippen molar-refractivity contribution in [2.24, 2.45) is 4.99 Å². The van der Waals surface area contributed by atoms with Crippen molar-refractivity contribution in [2.45, 2.75) is 31.5 Å². The van der Waals surface area contributed by atoms with Crippen molar-refractivity contribution in [3.8, 4) is 0 Å². The van der Waals surface area contributed by atoms with Crippen LogP contribution in [0.4, 0.5) is 13.2 Å². The third kappa shape index (κ3) is 2.12. The molecule has 1 aliphatic heterocycles. The van der Waals surface area contributed by atoms with Gasteiger partial charge in [0, 0.05) is 0 Å². The Morgan fingerprint density at radius 2 is 2.25 bits per heavy atom. The Morgan fingerprint density at radius 1 is 1.58 bits per heavy atom. The molecule has 0 saturated heterocycles. The molecule has 1 rings (SSSR count). The molecule has 0 bridgehead atoms. The zero-order valence-corrected chi connectivity index (χ0v) is 6.78. The molecule has 1 unspecified atom stereocenters. The molecule has 0 amide bonds. The monoisotopic (exact) mass is 180 g/mol. The Kier molecular flexibility index (Phi) is 2.30. The van der Waals surface area contributed by atoms with Gasteiger partial charge in [0.15, 0.2) is 0 Å². The zero-order valence-electron chi connectivity index (χ0n) is 6.78. The third-order valence-electron chi connectivity index (χ3n) is 2.07. The lowest BCUT2D eigenvalue weighted by molar-refractivity contribution is -0.147. The molecule has 0 aromatic rings. The molecule has 0 spiro atoms. The van der Waals surface area contributed by atoms with Crippen molar-refractivity contribution in [3.63, 3.8) is 0 Å². The van der Waals surface area contributed by atoms with Crippen LogP contribution in [0.1, 0.15) is 19.8 Å². The van der Waals surface area contributed by atoms with Gasteiger partial charge in [0.2, 0.25) is 0 Å². The summed E-state index contributed by atoms with van der Waals surface area (Å²) in [5.74, 6) is 0. The number of nitrogens with one attached hydrogen (secondary N) is 1. The molecule has 70 valence electrons. The molecule has 0 aliphatic carbocycles. The van der Waals surface area contributed by atoms with E-state index in [1.807, 2.05) is 0 Å². The van der Waals surface area contributed by atoms with Gasteiger partial charge in [0.25, 0.3) is 0 Å². The molecule has 12 heavy (non-hydrogen) atoms. The summed E-state index contributed by atoms with van der Waals surface area (Å²) in [5, 5.41) is 2.66. The Morgan fingerprint density at radius 3 is 2.58 bits per heavy atom. The topological polar surface area (TPSA) is 24.4 Å². The van der Waals surface area contributed by atoms with Crippen molar-refractivity contribution in [1.82, 2.24) is 5.32 Å². The van der Waals surface area contributed by atoms with Gasteiger partial charge in [-0.2, -0.15) is 13.2 Å². The van der Waals surface area contributed by atoms with Crippen LogP contribution in [-0.2, 0) is 0 Å². The number of halogens is 3. The van der Waals surface area contributed by atoms with Gasteiger partial charge in [0.05, 0.1) is 24.8 Å². The highest BCUT2D eigenvalue weighted by molar-refractivity contribution is 5.58. The Balaban J connectivity index is 2.57. The first kappa shape index (κ1) is 9.35. The quantitative estimate of drug-likeness (QED) is 0.687. The highest BCUT2D eigenvalue weighted by Crippen LogP contribution is 2.30. The van der Waals surface area contributed by atoms with Gasteiger partial charge >= 0.3 is 6.18 Å². The summed E-state index contributed by atoms with van der Waals surface area (Å²) < 4.78 is 36.1. The largest absolute Gasteiger partial charge is 0.391 e. The third-order valence-corrected chi connectivity index (χ3v) is 2.07. The smallest absolute Gasteiger partial charge is 0.369 e. The van der Waals surface area contributed by atoms with E-state index in [0.29, 0.717) is 6.42 Å². The summed E-state index contributed by atoms with van der Waals surface area (Å²) in [6.45, 7) is 1.95. The Bertz CT molecular complexity index is 178. The van der Waals surface area contributed by atoms with Crippen LogP contribution in [0.3, 0.4) is 0 Å². The second kappa shape index (κ2) is 2.95. The predicted molar refractivity (Wildman–Crippen MR) is 40.2 cm³/mol. The summed E-state index contributed by atoms with van der Waals surface area (Å²) in [7, 11) is 0. The van der Waals surface area contributed by atoms with Crippen LogP contribution in [0.15, 0.2) is 4.99 Å². The van der Waals surface area contributed by atoms with E-state index < -0.39 is 18.1 Å². The fourth-order valence-electron chi connectivity index (χ4n) is 1.28. The minimum absolute atomic E-state index is 0.225. The second-order valence-electron chi connectivity index (χ2n) is 3.04. The lowest BCUT2D eigenvalue weighted by Crippen LogP contribution is -2.46. The van der Waals surface area contributed by atoms with Crippen molar-refractivity contribution in [3.05, 3.63) is 0 Å². The minimum Gasteiger partial charge on any atom is -0.369 e. The summed E-state index contributed by atoms with van der Waals surface area (Å²) in [4.78, 5) is 3.76. The van der Waals surface area contributed by atoms with E-state index >= 15 is 0 Å². The molecule has 0 aromatic carbocycles. The highest BCUT2D eigenvalue weighted by Gasteiger charge is 2.42. The van der Waals surface area contributed by atoms with Gasteiger partial charge in [-0.05, 0) is 6.42 Å². The molecule has 0 saturated carbocycles. The number of alkyl halides is 3. The van der Waals surface area contributed by atoms with Crippen LogP contribution in [0.25, 0.3) is 0 Å². The predicted octanol–water partition coefficient (Wildman–Crippen LogP) is 1.72. The maximum absolute atomic E-state index is 12.0. The molecule has 1 aliphatic rings. The maximum atomic E-state index is 12.0. The molecular weight excluding hydrogens is 169 g/mol. The van der Waals surface area contributed by atoms with Gasteiger partial charge < -0.3 is 5.32 Å². The van der Waals surface area contributed by atoms with E-state index in [0.717, 1.165) is 0 Å². The molecule has 1 atom stereocenters. The fraction of sp³-hybridized carbons (Fsp3) is 0.857. The van der Waals surface area contributed by atoms with Gasteiger partial charge in [0.1, 0.15) is 0 Å². The molecule has 0 radical (unpaired) electrons. The van der Waals surface area contributed by atoms with E-state index in [-0.39, 0.29) is 6.54 Å². The van der Waals surface area contributed by atoms with Crippen LogP contribution in [-0.4, -0.2) is 24.6 Å². The van der Waals surface area contributed by atoms with E-state index in [1.54, 1.807) is 6.92 Å². The summed E-state index contributed by atoms with van der Waals surface area (Å²) in [6, 6.07) is 0. The first-order chi connectivity index (χ1) is 5.47. The highest BCUT2D eigenvalue weighted by atomic mass is 19.4. The molecule has 0 fully saturated rings. The number of hydrogen-bond donors (Lipinski definition) is 1. The molecule has 5 heteroatoms. The van der Waals surface area contributed by atoms with Crippen molar-refractivity contribution in [2.75, 3.05) is 6.54 Å². The zero-order chi connectivity index (χ0) is 9.24. The fourth-order valence-corrected chi connectivity index (χ4v) is 1.28. The van der Waals surface area contributed by atoms with Gasteiger partial charge in [-0.1, -0.05) is 6.92 Å². The average Bonchev–Trinajstić information content (AvgIpc) is 2.34. The number of rotatable bonds is 2. The van der Waals surface area contributed by atoms with Crippen LogP contribution in [0.2, 0.25) is 0 Å². The summed E-state index contributed by atoms with van der Waals surface area (Å²) in [5.41, 5.74) is -0.877. The van der Waals surface area contributed by atoms with E-state index in [2.05, 4.69) is 10.3 Å². The minimum atomic E-state index is -4.11. The normalized spacial score (nSPS) is 29.0. The molecule has 1 heterocycles. The van der Waals surface area contributed by atoms with Gasteiger partial charge in [-0.25, -0.2) is 0 Å². The summed E-state index contributed by atoms with van der Waals surface area (Å²) >= 11 is 0. The molecular formula is C7H11F3N2. The van der Waals surface area contributed by atoms with Crippen molar-refractivity contribution in [1.29, 1.82) is 0 Å². The van der Waals surface area contributed by atoms with Crippen LogP contribution < -0.4 is 5.32 Å². The van der Waals surface area contributed by atoms with Crippen LogP contribution in [0, 0.1) is 0 Å². The summed E-state index contributed by atoms with van der Waals surface area (Å²) in [6.07, 6.45) is -3.13. The standard InChI is InChI=1S/C7H11F3N2/c1-2-6(3-7(8,9)10)4-11-5-12-6/h5H,2-4H2,1H3,(H,11,12). The van der Waals surface area contributed by atoms with Gasteiger partial charge in [-0.15, -0.1) is 0 Å². The molecule has 1 N–H and O–H groups in total. The number of nitrogens with zero attached hydrogens (tertiary/aromatic N) is 1. The van der Waals surface area contributed by atoms with Crippen LogP contribution in [0.5, 0.6) is 0 Å². The first-order valence-corrected chi connectivity index (χ1v) is 3.80. The molecule has 0 aromatic heterocycles. The van der Waals surface area contributed by atoms with Gasteiger partial charge in [-0.3, -0.25) is 4.99 Å². The SMILES string of the molecule is CCC1(CC(F)(F)F)CN=CN1. The lowest BCUT2D eigenvalue weighted by Gasteiger charge is -2.28. The van der Waals surface area contributed by atoms with Crippen LogP contribution >= 0.6 is 0 Å².